The number of rotatable bonds is 9. The number of amides is 2. The molecule has 8 nitrogen and oxygen atoms in total. The first kappa shape index (κ1) is 20.8. The summed E-state index contributed by atoms with van der Waals surface area (Å²) in [6.07, 6.45) is 0.116. The van der Waals surface area contributed by atoms with Crippen molar-refractivity contribution in [1.82, 2.24) is 4.37 Å². The minimum Gasteiger partial charge on any atom is -0.370 e. The van der Waals surface area contributed by atoms with Gasteiger partial charge >= 0.3 is 0 Å². The summed E-state index contributed by atoms with van der Waals surface area (Å²) in [7, 11) is 0. The standard InChI is InChI=1S/C22H23N5O3S/c1-13-9-19(31-27-13)25-17-10-15(7-8-16(17)20(23)28)26-22(21(24)29)11-18(22)30-12-14-5-3-2-4-6-14/h2-10,18,25-26H,11-12H2,1H3,(H2,23,28)(H2,24,29)/t18-,22-/m0/s1. The van der Waals surface area contributed by atoms with Gasteiger partial charge in [0, 0.05) is 12.1 Å². The van der Waals surface area contributed by atoms with Crippen molar-refractivity contribution in [3.05, 3.63) is 71.4 Å². The lowest BCUT2D eigenvalue weighted by atomic mass is 10.1. The van der Waals surface area contributed by atoms with E-state index in [9.17, 15) is 9.59 Å². The van der Waals surface area contributed by atoms with Crippen LogP contribution in [0.5, 0.6) is 0 Å². The maximum atomic E-state index is 12.2. The van der Waals surface area contributed by atoms with E-state index in [0.29, 0.717) is 30.0 Å². The van der Waals surface area contributed by atoms with Gasteiger partial charge < -0.3 is 26.8 Å². The van der Waals surface area contributed by atoms with Crippen LogP contribution >= 0.6 is 11.5 Å². The maximum absolute atomic E-state index is 12.2. The van der Waals surface area contributed by atoms with Crippen molar-refractivity contribution in [1.29, 1.82) is 0 Å². The number of anilines is 3. The van der Waals surface area contributed by atoms with E-state index in [4.69, 9.17) is 16.2 Å². The number of hydrogen-bond acceptors (Lipinski definition) is 7. The summed E-state index contributed by atoms with van der Waals surface area (Å²) in [5, 5.41) is 7.16. The number of hydrogen-bond donors (Lipinski definition) is 4. The highest BCUT2D eigenvalue weighted by Gasteiger charge is 2.61. The summed E-state index contributed by atoms with van der Waals surface area (Å²) in [5.74, 6) is -1.05. The molecule has 1 fully saturated rings. The van der Waals surface area contributed by atoms with E-state index in [2.05, 4.69) is 15.0 Å². The minimum absolute atomic E-state index is 0.331. The van der Waals surface area contributed by atoms with Crippen molar-refractivity contribution in [2.45, 2.75) is 31.6 Å². The van der Waals surface area contributed by atoms with E-state index < -0.39 is 17.4 Å². The Kier molecular flexibility index (Phi) is 5.62. The Morgan fingerprint density at radius 3 is 2.61 bits per heavy atom. The van der Waals surface area contributed by atoms with Crippen LogP contribution in [0.4, 0.5) is 16.4 Å². The van der Waals surface area contributed by atoms with Gasteiger partial charge in [-0.1, -0.05) is 30.3 Å². The fourth-order valence-electron chi connectivity index (χ4n) is 3.41. The fourth-order valence-corrected chi connectivity index (χ4v) is 4.09. The number of nitrogens with one attached hydrogen (secondary N) is 2. The van der Waals surface area contributed by atoms with Gasteiger partial charge in [0.15, 0.2) is 0 Å². The molecule has 6 N–H and O–H groups in total. The molecule has 2 aromatic carbocycles. The fraction of sp³-hybridized carbons (Fsp3) is 0.227. The smallest absolute Gasteiger partial charge is 0.250 e. The summed E-state index contributed by atoms with van der Waals surface area (Å²) in [4.78, 5) is 24.1. The Bertz CT molecular complexity index is 1120. The number of carbonyl (C=O) groups is 2. The number of nitrogens with zero attached hydrogens (tertiary/aromatic N) is 1. The number of benzene rings is 2. The van der Waals surface area contributed by atoms with Crippen LogP contribution in [0.1, 0.15) is 28.0 Å². The SMILES string of the molecule is Cc1cc(Nc2cc(N[C@@]3(C(N)=O)C[C@@H]3OCc3ccccc3)ccc2C(N)=O)sn1. The normalized spacial score (nSPS) is 19.6. The highest BCUT2D eigenvalue weighted by atomic mass is 32.1. The molecular formula is C22H23N5O3S. The zero-order valence-electron chi connectivity index (χ0n) is 16.9. The van der Waals surface area contributed by atoms with Crippen LogP contribution < -0.4 is 22.1 Å². The van der Waals surface area contributed by atoms with Crippen molar-refractivity contribution < 1.29 is 14.3 Å². The summed E-state index contributed by atoms with van der Waals surface area (Å²) in [6.45, 7) is 2.27. The number of ether oxygens (including phenoxy) is 1. The molecule has 1 aliphatic carbocycles. The molecule has 0 spiro atoms. The van der Waals surface area contributed by atoms with Gasteiger partial charge in [0.1, 0.15) is 10.5 Å². The Hall–Kier alpha value is -3.43. The summed E-state index contributed by atoms with van der Waals surface area (Å²) in [6, 6.07) is 16.6. The van der Waals surface area contributed by atoms with Crippen molar-refractivity contribution in [3.8, 4) is 0 Å². The highest BCUT2D eigenvalue weighted by Crippen LogP contribution is 2.43. The molecule has 31 heavy (non-hydrogen) atoms. The average Bonchev–Trinajstić information content (AvgIpc) is 3.30. The van der Waals surface area contributed by atoms with Crippen LogP contribution in [0, 0.1) is 6.92 Å². The first-order valence-electron chi connectivity index (χ1n) is 9.75. The molecule has 0 saturated heterocycles. The van der Waals surface area contributed by atoms with E-state index in [0.717, 1.165) is 16.3 Å². The molecule has 0 unspecified atom stereocenters. The molecule has 1 aliphatic rings. The largest absolute Gasteiger partial charge is 0.370 e. The van der Waals surface area contributed by atoms with Gasteiger partial charge in [-0.25, -0.2) is 0 Å². The molecular weight excluding hydrogens is 414 g/mol. The lowest BCUT2D eigenvalue weighted by Gasteiger charge is -2.19. The van der Waals surface area contributed by atoms with E-state index in [1.807, 2.05) is 43.3 Å². The van der Waals surface area contributed by atoms with Crippen LogP contribution in [-0.2, 0) is 16.1 Å². The van der Waals surface area contributed by atoms with Gasteiger partial charge in [-0.2, -0.15) is 4.37 Å². The zero-order chi connectivity index (χ0) is 22.0. The van der Waals surface area contributed by atoms with Gasteiger partial charge in [0.05, 0.1) is 29.7 Å². The molecule has 2 atom stereocenters. The summed E-state index contributed by atoms with van der Waals surface area (Å²) >= 11 is 1.28. The van der Waals surface area contributed by atoms with Crippen LogP contribution in [0.2, 0.25) is 0 Å². The van der Waals surface area contributed by atoms with Gasteiger partial charge in [-0.15, -0.1) is 0 Å². The molecule has 0 bridgehead atoms. The number of nitrogens with two attached hydrogens (primary N) is 2. The number of carbonyl (C=O) groups excluding carboxylic acids is 2. The minimum atomic E-state index is -0.999. The monoisotopic (exact) mass is 437 g/mol. The lowest BCUT2D eigenvalue weighted by molar-refractivity contribution is -0.120. The van der Waals surface area contributed by atoms with Crippen LogP contribution in [0.15, 0.2) is 54.6 Å². The van der Waals surface area contributed by atoms with Crippen molar-refractivity contribution in [3.63, 3.8) is 0 Å². The van der Waals surface area contributed by atoms with Gasteiger partial charge in [0.25, 0.3) is 5.91 Å². The predicted molar refractivity (Wildman–Crippen MR) is 120 cm³/mol. The van der Waals surface area contributed by atoms with Crippen LogP contribution in [0.25, 0.3) is 0 Å². The van der Waals surface area contributed by atoms with Crippen molar-refractivity contribution >= 4 is 39.7 Å². The average molecular weight is 438 g/mol. The van der Waals surface area contributed by atoms with Crippen LogP contribution in [0.3, 0.4) is 0 Å². The quantitative estimate of drug-likeness (QED) is 0.407. The molecule has 160 valence electrons. The van der Waals surface area contributed by atoms with Gasteiger partial charge in [-0.3, -0.25) is 9.59 Å². The van der Waals surface area contributed by atoms with E-state index in [1.165, 1.54) is 11.5 Å². The molecule has 1 heterocycles. The Morgan fingerprint density at radius 1 is 1.19 bits per heavy atom. The van der Waals surface area contributed by atoms with E-state index in [-0.39, 0.29) is 6.10 Å². The molecule has 9 heteroatoms. The molecule has 1 saturated carbocycles. The first-order chi connectivity index (χ1) is 14.9. The molecule has 1 aromatic heterocycles. The number of aromatic nitrogens is 1. The summed E-state index contributed by atoms with van der Waals surface area (Å²) in [5.41, 5.74) is 13.6. The van der Waals surface area contributed by atoms with E-state index >= 15 is 0 Å². The van der Waals surface area contributed by atoms with Crippen LogP contribution in [-0.4, -0.2) is 27.8 Å². The Balaban J connectivity index is 1.52. The van der Waals surface area contributed by atoms with E-state index in [1.54, 1.807) is 18.2 Å². The Labute approximate surface area is 183 Å². The van der Waals surface area contributed by atoms with Crippen molar-refractivity contribution in [2.24, 2.45) is 11.5 Å². The predicted octanol–water partition coefficient (Wildman–Crippen LogP) is 2.92. The number of primary amides is 2. The molecule has 3 aromatic rings. The Morgan fingerprint density at radius 2 is 1.97 bits per heavy atom. The third-order valence-electron chi connectivity index (χ3n) is 5.17. The molecule has 0 aliphatic heterocycles. The topological polar surface area (TPSA) is 132 Å². The second-order valence-corrected chi connectivity index (χ2v) is 8.34. The van der Waals surface area contributed by atoms with Gasteiger partial charge in [0.2, 0.25) is 5.91 Å². The zero-order valence-corrected chi connectivity index (χ0v) is 17.7. The lowest BCUT2D eigenvalue weighted by Crippen LogP contribution is -2.41. The first-order valence-corrected chi connectivity index (χ1v) is 10.5. The molecule has 4 rings (SSSR count). The van der Waals surface area contributed by atoms with Gasteiger partial charge in [-0.05, 0) is 48.3 Å². The summed E-state index contributed by atoms with van der Waals surface area (Å²) < 4.78 is 10.1. The highest BCUT2D eigenvalue weighted by molar-refractivity contribution is 7.10. The maximum Gasteiger partial charge on any atom is 0.250 e. The molecule has 2 amide bonds. The third-order valence-corrected chi connectivity index (χ3v) is 5.96. The second-order valence-electron chi connectivity index (χ2n) is 7.53. The molecule has 0 radical (unpaired) electrons. The van der Waals surface area contributed by atoms with Crippen molar-refractivity contribution in [2.75, 3.05) is 10.6 Å². The second kappa shape index (κ2) is 8.37. The number of aryl methyl sites for hydroxylation is 1. The third kappa shape index (κ3) is 4.52.